The van der Waals surface area contributed by atoms with Crippen LogP contribution in [-0.4, -0.2) is 16.7 Å². The molecule has 1 aromatic heterocycles. The van der Waals surface area contributed by atoms with E-state index >= 15 is 0 Å². The summed E-state index contributed by atoms with van der Waals surface area (Å²) in [5.41, 5.74) is 0.814. The van der Waals surface area contributed by atoms with E-state index in [0.717, 1.165) is 12.1 Å². The highest BCUT2D eigenvalue weighted by molar-refractivity contribution is 6.04. The van der Waals surface area contributed by atoms with Crippen molar-refractivity contribution in [1.82, 2.24) is 4.98 Å². The van der Waals surface area contributed by atoms with Crippen molar-refractivity contribution in [1.29, 1.82) is 0 Å². The number of nitrogens with one attached hydrogen (secondary N) is 2. The maximum atomic E-state index is 13.8. The number of hydrogen-bond donors (Lipinski definition) is 2. The highest BCUT2D eigenvalue weighted by Crippen LogP contribution is 2.24. The Bertz CT molecular complexity index is 1070. The van der Waals surface area contributed by atoms with Crippen LogP contribution in [0, 0.1) is 17.5 Å². The number of carbonyl (C=O) groups is 2. The smallest absolute Gasteiger partial charge is 0.274 e. The summed E-state index contributed by atoms with van der Waals surface area (Å²) < 4.78 is 40.2. The molecule has 8 heteroatoms. The van der Waals surface area contributed by atoms with Crippen LogP contribution in [-0.2, 0) is 0 Å². The van der Waals surface area contributed by atoms with Gasteiger partial charge in [-0.25, -0.2) is 13.2 Å². The Balaban J connectivity index is 1.79. The van der Waals surface area contributed by atoms with Gasteiger partial charge in [0.2, 0.25) is 0 Å². The molecular formula is C20H14F3N3O2. The lowest BCUT2D eigenvalue weighted by Gasteiger charge is -2.10. The molecule has 1 amide bonds. The molecule has 0 radical (unpaired) electrons. The minimum Gasteiger partial charge on any atom is -0.353 e. The Morgan fingerprint density at radius 1 is 0.929 bits per heavy atom. The van der Waals surface area contributed by atoms with E-state index in [2.05, 4.69) is 15.6 Å². The number of aromatic nitrogens is 1. The average molecular weight is 385 g/mol. The SMILES string of the molecule is CC(=O)c1cccc(NC(=O)c2cc(Nc3ccc(F)c(F)c3F)ccn2)c1. The van der Waals surface area contributed by atoms with Crippen LogP contribution in [0.25, 0.3) is 0 Å². The van der Waals surface area contributed by atoms with Crippen LogP contribution in [0.15, 0.2) is 54.7 Å². The number of carbonyl (C=O) groups excluding carboxylic acids is 2. The molecule has 0 aliphatic heterocycles. The Morgan fingerprint density at radius 2 is 1.71 bits per heavy atom. The van der Waals surface area contributed by atoms with Crippen molar-refractivity contribution in [2.75, 3.05) is 10.6 Å². The van der Waals surface area contributed by atoms with Gasteiger partial charge in [0.1, 0.15) is 5.69 Å². The Kier molecular flexibility index (Phi) is 5.39. The number of hydrogen-bond acceptors (Lipinski definition) is 4. The van der Waals surface area contributed by atoms with E-state index in [4.69, 9.17) is 0 Å². The number of benzene rings is 2. The van der Waals surface area contributed by atoms with E-state index in [1.165, 1.54) is 31.3 Å². The van der Waals surface area contributed by atoms with Gasteiger partial charge in [-0.05, 0) is 43.3 Å². The molecule has 0 saturated heterocycles. The van der Waals surface area contributed by atoms with E-state index in [1.54, 1.807) is 18.2 Å². The van der Waals surface area contributed by atoms with Crippen molar-refractivity contribution in [3.05, 3.63) is 83.4 Å². The predicted octanol–water partition coefficient (Wildman–Crippen LogP) is 4.70. The van der Waals surface area contributed by atoms with Crippen LogP contribution in [0.3, 0.4) is 0 Å². The number of halogens is 3. The molecule has 1 heterocycles. The fourth-order valence-corrected chi connectivity index (χ4v) is 2.42. The third kappa shape index (κ3) is 4.17. The molecule has 0 aliphatic carbocycles. The molecule has 0 spiro atoms. The summed E-state index contributed by atoms with van der Waals surface area (Å²) in [4.78, 5) is 27.8. The first-order valence-corrected chi connectivity index (χ1v) is 8.14. The van der Waals surface area contributed by atoms with Crippen molar-refractivity contribution < 1.29 is 22.8 Å². The van der Waals surface area contributed by atoms with Crippen molar-refractivity contribution in [3.63, 3.8) is 0 Å². The minimum absolute atomic E-state index is 0.00113. The second-order valence-corrected chi connectivity index (χ2v) is 5.87. The second kappa shape index (κ2) is 7.91. The van der Waals surface area contributed by atoms with E-state index in [9.17, 15) is 22.8 Å². The number of rotatable bonds is 5. The molecule has 0 atom stereocenters. The highest BCUT2D eigenvalue weighted by atomic mass is 19.2. The van der Waals surface area contributed by atoms with Gasteiger partial charge in [0.25, 0.3) is 5.91 Å². The monoisotopic (exact) mass is 385 g/mol. The lowest BCUT2D eigenvalue weighted by atomic mass is 10.1. The molecule has 3 aromatic rings. The standard InChI is InChI=1S/C20H14F3N3O2/c1-11(27)12-3-2-4-13(9-12)26-20(28)17-10-14(7-8-24-17)25-16-6-5-15(21)18(22)19(16)23/h2-10H,1H3,(H,24,25)(H,26,28). The molecule has 2 N–H and O–H groups in total. The molecule has 3 rings (SSSR count). The van der Waals surface area contributed by atoms with Gasteiger partial charge in [-0.15, -0.1) is 0 Å². The molecule has 142 valence electrons. The van der Waals surface area contributed by atoms with Crippen molar-refractivity contribution >= 4 is 28.8 Å². The van der Waals surface area contributed by atoms with Crippen LogP contribution < -0.4 is 10.6 Å². The summed E-state index contributed by atoms with van der Waals surface area (Å²) in [5.74, 6) is -4.97. The Hall–Kier alpha value is -3.68. The molecule has 2 aromatic carbocycles. The number of nitrogens with zero attached hydrogens (tertiary/aromatic N) is 1. The maximum absolute atomic E-state index is 13.8. The molecule has 28 heavy (non-hydrogen) atoms. The third-order valence-electron chi connectivity index (χ3n) is 3.83. The zero-order valence-corrected chi connectivity index (χ0v) is 14.6. The number of Topliss-reactive ketones (excluding diaryl/α,β-unsaturated/α-hetero) is 1. The van der Waals surface area contributed by atoms with Gasteiger partial charge in [0, 0.05) is 23.1 Å². The van der Waals surface area contributed by atoms with Gasteiger partial charge in [-0.1, -0.05) is 12.1 Å². The molecule has 0 bridgehead atoms. The lowest BCUT2D eigenvalue weighted by molar-refractivity contribution is 0.100. The summed E-state index contributed by atoms with van der Waals surface area (Å²) >= 11 is 0. The molecule has 0 unspecified atom stereocenters. The van der Waals surface area contributed by atoms with Gasteiger partial charge in [-0.2, -0.15) is 0 Å². The largest absolute Gasteiger partial charge is 0.353 e. The van der Waals surface area contributed by atoms with E-state index < -0.39 is 23.4 Å². The van der Waals surface area contributed by atoms with Gasteiger partial charge in [0.15, 0.2) is 23.2 Å². The van der Waals surface area contributed by atoms with Gasteiger partial charge < -0.3 is 10.6 Å². The zero-order valence-electron chi connectivity index (χ0n) is 14.6. The predicted molar refractivity (Wildman–Crippen MR) is 98.2 cm³/mol. The van der Waals surface area contributed by atoms with Crippen molar-refractivity contribution in [2.45, 2.75) is 6.92 Å². The molecule has 5 nitrogen and oxygen atoms in total. The lowest BCUT2D eigenvalue weighted by Crippen LogP contribution is -2.14. The normalized spacial score (nSPS) is 10.4. The number of pyridine rings is 1. The van der Waals surface area contributed by atoms with Gasteiger partial charge in [0.05, 0.1) is 5.69 Å². The maximum Gasteiger partial charge on any atom is 0.274 e. The van der Waals surface area contributed by atoms with E-state index in [0.29, 0.717) is 11.3 Å². The molecule has 0 aliphatic rings. The van der Waals surface area contributed by atoms with Crippen LogP contribution in [0.5, 0.6) is 0 Å². The summed E-state index contributed by atoms with van der Waals surface area (Å²) in [7, 11) is 0. The second-order valence-electron chi connectivity index (χ2n) is 5.87. The van der Waals surface area contributed by atoms with Crippen LogP contribution in [0.4, 0.5) is 30.2 Å². The van der Waals surface area contributed by atoms with Gasteiger partial charge in [-0.3, -0.25) is 14.6 Å². The summed E-state index contributed by atoms with van der Waals surface area (Å²) in [6.07, 6.45) is 1.31. The first-order chi connectivity index (χ1) is 13.3. The van der Waals surface area contributed by atoms with Crippen molar-refractivity contribution in [2.24, 2.45) is 0 Å². The Morgan fingerprint density at radius 3 is 2.46 bits per heavy atom. The number of anilines is 3. The van der Waals surface area contributed by atoms with E-state index in [1.807, 2.05) is 0 Å². The Labute approximate surface area is 158 Å². The quantitative estimate of drug-likeness (QED) is 0.493. The fraction of sp³-hybridized carbons (Fsp3) is 0.0500. The highest BCUT2D eigenvalue weighted by Gasteiger charge is 2.15. The topological polar surface area (TPSA) is 71.1 Å². The molecule has 0 fully saturated rings. The third-order valence-corrected chi connectivity index (χ3v) is 3.83. The van der Waals surface area contributed by atoms with Crippen LogP contribution >= 0.6 is 0 Å². The van der Waals surface area contributed by atoms with Crippen molar-refractivity contribution in [3.8, 4) is 0 Å². The first-order valence-electron chi connectivity index (χ1n) is 8.14. The fourth-order valence-electron chi connectivity index (χ4n) is 2.42. The number of amides is 1. The van der Waals surface area contributed by atoms with Crippen LogP contribution in [0.1, 0.15) is 27.8 Å². The summed E-state index contributed by atoms with van der Waals surface area (Å²) in [5, 5.41) is 5.18. The summed E-state index contributed by atoms with van der Waals surface area (Å²) in [6, 6.07) is 11.0. The first kappa shape index (κ1) is 19.1. The molecule has 0 saturated carbocycles. The zero-order chi connectivity index (χ0) is 20.3. The van der Waals surface area contributed by atoms with Crippen LogP contribution in [0.2, 0.25) is 0 Å². The number of ketones is 1. The summed E-state index contributed by atoms with van der Waals surface area (Å²) in [6.45, 7) is 1.41. The average Bonchev–Trinajstić information content (AvgIpc) is 2.69. The molecular weight excluding hydrogens is 371 g/mol. The van der Waals surface area contributed by atoms with E-state index in [-0.39, 0.29) is 22.9 Å². The minimum atomic E-state index is -1.60. The van der Waals surface area contributed by atoms with Gasteiger partial charge >= 0.3 is 0 Å².